The first-order valence-electron chi connectivity index (χ1n) is 7.00. The molecule has 0 aliphatic rings. The van der Waals surface area contributed by atoms with Crippen molar-refractivity contribution < 1.29 is 9.47 Å². The summed E-state index contributed by atoms with van der Waals surface area (Å²) < 4.78 is 10.5. The van der Waals surface area contributed by atoms with Crippen LogP contribution in [-0.2, 0) is 11.3 Å². The standard InChI is InChI=1S/C16H22N2O2S/c1-18(9-6-10-19-2)11-13-12-21-16(17-13)14-7-4-5-8-15(14)20-3/h4-5,7-8,12H,6,9-11H2,1-3H3. The van der Waals surface area contributed by atoms with Gasteiger partial charge in [-0.1, -0.05) is 12.1 Å². The van der Waals surface area contributed by atoms with Gasteiger partial charge in [0.25, 0.3) is 0 Å². The summed E-state index contributed by atoms with van der Waals surface area (Å²) >= 11 is 1.66. The summed E-state index contributed by atoms with van der Waals surface area (Å²) in [5.41, 5.74) is 2.15. The molecular formula is C16H22N2O2S. The molecule has 0 fully saturated rings. The van der Waals surface area contributed by atoms with Gasteiger partial charge in [0, 0.05) is 32.2 Å². The summed E-state index contributed by atoms with van der Waals surface area (Å²) in [5.74, 6) is 0.867. The van der Waals surface area contributed by atoms with E-state index < -0.39 is 0 Å². The van der Waals surface area contributed by atoms with Crippen LogP contribution < -0.4 is 4.74 Å². The minimum absolute atomic E-state index is 0.799. The molecule has 0 bridgehead atoms. The fraction of sp³-hybridized carbons (Fsp3) is 0.438. The van der Waals surface area contributed by atoms with Gasteiger partial charge in [0.1, 0.15) is 10.8 Å². The van der Waals surface area contributed by atoms with Gasteiger partial charge in [-0.3, -0.25) is 0 Å². The highest BCUT2D eigenvalue weighted by molar-refractivity contribution is 7.13. The number of nitrogens with zero attached hydrogens (tertiary/aromatic N) is 2. The van der Waals surface area contributed by atoms with Crippen molar-refractivity contribution in [3.05, 3.63) is 35.3 Å². The summed E-state index contributed by atoms with van der Waals surface area (Å²) in [5, 5.41) is 3.13. The second-order valence-electron chi connectivity index (χ2n) is 4.93. The lowest BCUT2D eigenvalue weighted by Crippen LogP contribution is -2.20. The molecule has 0 atom stereocenters. The lowest BCUT2D eigenvalue weighted by atomic mass is 10.2. The summed E-state index contributed by atoms with van der Waals surface area (Å²) in [6.45, 7) is 2.67. The monoisotopic (exact) mass is 306 g/mol. The molecule has 2 aromatic rings. The highest BCUT2D eigenvalue weighted by atomic mass is 32.1. The maximum Gasteiger partial charge on any atom is 0.129 e. The molecule has 0 amide bonds. The highest BCUT2D eigenvalue weighted by Crippen LogP contribution is 2.31. The number of hydrogen-bond acceptors (Lipinski definition) is 5. The van der Waals surface area contributed by atoms with Gasteiger partial charge >= 0.3 is 0 Å². The normalized spacial score (nSPS) is 11.0. The van der Waals surface area contributed by atoms with Crippen molar-refractivity contribution in [2.45, 2.75) is 13.0 Å². The third-order valence-electron chi connectivity index (χ3n) is 3.21. The van der Waals surface area contributed by atoms with Crippen molar-refractivity contribution in [1.82, 2.24) is 9.88 Å². The molecule has 1 aromatic heterocycles. The van der Waals surface area contributed by atoms with E-state index in [2.05, 4.69) is 17.3 Å². The molecule has 0 saturated carbocycles. The topological polar surface area (TPSA) is 34.6 Å². The van der Waals surface area contributed by atoms with E-state index in [0.717, 1.165) is 48.1 Å². The van der Waals surface area contributed by atoms with Crippen LogP contribution in [-0.4, -0.2) is 44.3 Å². The minimum atomic E-state index is 0.799. The third kappa shape index (κ3) is 4.52. The smallest absolute Gasteiger partial charge is 0.129 e. The van der Waals surface area contributed by atoms with E-state index >= 15 is 0 Å². The van der Waals surface area contributed by atoms with Crippen molar-refractivity contribution in [2.24, 2.45) is 0 Å². The lowest BCUT2D eigenvalue weighted by Gasteiger charge is -2.14. The molecule has 0 aliphatic carbocycles. The van der Waals surface area contributed by atoms with Crippen molar-refractivity contribution in [3.63, 3.8) is 0 Å². The number of benzene rings is 1. The molecule has 114 valence electrons. The molecule has 1 aromatic carbocycles. The summed E-state index contributed by atoms with van der Waals surface area (Å²) in [6.07, 6.45) is 1.04. The molecule has 0 saturated heterocycles. The first-order chi connectivity index (χ1) is 10.2. The molecule has 5 heteroatoms. The Labute approximate surface area is 130 Å². The molecular weight excluding hydrogens is 284 g/mol. The van der Waals surface area contributed by atoms with Gasteiger partial charge in [-0.05, 0) is 25.6 Å². The number of ether oxygens (including phenoxy) is 2. The van der Waals surface area contributed by atoms with Gasteiger partial charge in [-0.25, -0.2) is 4.98 Å². The predicted molar refractivity (Wildman–Crippen MR) is 86.9 cm³/mol. The SMILES string of the molecule is COCCCN(C)Cc1csc(-c2ccccc2OC)n1. The van der Waals surface area contributed by atoms with Gasteiger partial charge in [0.2, 0.25) is 0 Å². The van der Waals surface area contributed by atoms with E-state index in [4.69, 9.17) is 14.5 Å². The number of thiazole rings is 1. The van der Waals surface area contributed by atoms with Crippen molar-refractivity contribution in [1.29, 1.82) is 0 Å². The number of methoxy groups -OCH3 is 2. The fourth-order valence-corrected chi connectivity index (χ4v) is 3.00. The van der Waals surface area contributed by atoms with E-state index in [9.17, 15) is 0 Å². The average Bonchev–Trinajstić information content (AvgIpc) is 2.95. The van der Waals surface area contributed by atoms with Crippen LogP contribution in [0.5, 0.6) is 5.75 Å². The van der Waals surface area contributed by atoms with Gasteiger partial charge in [0.15, 0.2) is 0 Å². The van der Waals surface area contributed by atoms with E-state index in [-0.39, 0.29) is 0 Å². The maximum absolute atomic E-state index is 5.40. The molecule has 0 radical (unpaired) electrons. The molecule has 0 N–H and O–H groups in total. The Morgan fingerprint density at radius 2 is 2.05 bits per heavy atom. The van der Waals surface area contributed by atoms with Crippen LogP contribution in [0.2, 0.25) is 0 Å². The first-order valence-corrected chi connectivity index (χ1v) is 7.88. The Bertz CT molecular complexity index is 557. The summed E-state index contributed by atoms with van der Waals surface area (Å²) in [4.78, 5) is 6.99. The van der Waals surface area contributed by atoms with Crippen LogP contribution in [0.1, 0.15) is 12.1 Å². The fourth-order valence-electron chi connectivity index (χ4n) is 2.16. The van der Waals surface area contributed by atoms with E-state index in [1.165, 1.54) is 0 Å². The van der Waals surface area contributed by atoms with Crippen LogP contribution in [0.3, 0.4) is 0 Å². The zero-order valence-corrected chi connectivity index (χ0v) is 13.7. The minimum Gasteiger partial charge on any atom is -0.496 e. The Morgan fingerprint density at radius 1 is 1.24 bits per heavy atom. The molecule has 2 rings (SSSR count). The average molecular weight is 306 g/mol. The molecule has 0 unspecified atom stereocenters. The third-order valence-corrected chi connectivity index (χ3v) is 4.13. The Morgan fingerprint density at radius 3 is 2.81 bits per heavy atom. The second-order valence-corrected chi connectivity index (χ2v) is 5.79. The van der Waals surface area contributed by atoms with Crippen LogP contribution in [0, 0.1) is 0 Å². The zero-order chi connectivity index (χ0) is 15.1. The van der Waals surface area contributed by atoms with Crippen LogP contribution in [0.4, 0.5) is 0 Å². The quantitative estimate of drug-likeness (QED) is 0.701. The van der Waals surface area contributed by atoms with Crippen LogP contribution in [0.15, 0.2) is 29.6 Å². The van der Waals surface area contributed by atoms with Crippen LogP contribution >= 0.6 is 11.3 Å². The van der Waals surface area contributed by atoms with Crippen molar-refractivity contribution in [3.8, 4) is 16.3 Å². The van der Waals surface area contributed by atoms with E-state index in [0.29, 0.717) is 0 Å². The highest BCUT2D eigenvalue weighted by Gasteiger charge is 2.10. The largest absolute Gasteiger partial charge is 0.496 e. The zero-order valence-electron chi connectivity index (χ0n) is 12.8. The van der Waals surface area contributed by atoms with Gasteiger partial charge < -0.3 is 14.4 Å². The Kier molecular flexibility index (Phi) is 6.17. The second kappa shape index (κ2) is 8.12. The number of rotatable bonds is 8. The van der Waals surface area contributed by atoms with E-state index in [1.807, 2.05) is 24.3 Å². The summed E-state index contributed by atoms with van der Waals surface area (Å²) in [6, 6.07) is 7.99. The van der Waals surface area contributed by atoms with Gasteiger partial charge in [-0.15, -0.1) is 11.3 Å². The first kappa shape index (κ1) is 15.9. The predicted octanol–water partition coefficient (Wildman–Crippen LogP) is 3.29. The number of aromatic nitrogens is 1. The summed E-state index contributed by atoms with van der Waals surface area (Å²) in [7, 11) is 5.54. The molecule has 4 nitrogen and oxygen atoms in total. The maximum atomic E-state index is 5.40. The lowest BCUT2D eigenvalue weighted by molar-refractivity contribution is 0.178. The Balaban J connectivity index is 2.01. The molecule has 0 aliphatic heterocycles. The van der Waals surface area contributed by atoms with Crippen LogP contribution in [0.25, 0.3) is 10.6 Å². The van der Waals surface area contributed by atoms with Crippen molar-refractivity contribution in [2.75, 3.05) is 34.4 Å². The number of hydrogen-bond donors (Lipinski definition) is 0. The van der Waals surface area contributed by atoms with Gasteiger partial charge in [0.05, 0.1) is 18.4 Å². The van der Waals surface area contributed by atoms with Gasteiger partial charge in [-0.2, -0.15) is 0 Å². The number of para-hydroxylation sites is 1. The van der Waals surface area contributed by atoms with E-state index in [1.54, 1.807) is 25.6 Å². The molecule has 0 spiro atoms. The Hall–Kier alpha value is -1.43. The molecule has 1 heterocycles. The molecule has 21 heavy (non-hydrogen) atoms. The van der Waals surface area contributed by atoms with Crippen molar-refractivity contribution >= 4 is 11.3 Å².